The lowest BCUT2D eigenvalue weighted by molar-refractivity contribution is 0.0972. The van der Waals surface area contributed by atoms with Gasteiger partial charge in [0.15, 0.2) is 5.78 Å². The third-order valence-electron chi connectivity index (χ3n) is 4.39. The minimum absolute atomic E-state index is 0.104. The number of para-hydroxylation sites is 1. The monoisotopic (exact) mass is 344 g/mol. The second kappa shape index (κ2) is 6.96. The quantitative estimate of drug-likeness (QED) is 0.712. The molecule has 0 radical (unpaired) electrons. The highest BCUT2D eigenvalue weighted by Crippen LogP contribution is 2.29. The van der Waals surface area contributed by atoms with Crippen molar-refractivity contribution in [2.75, 3.05) is 10.6 Å². The summed E-state index contributed by atoms with van der Waals surface area (Å²) < 4.78 is 0. The van der Waals surface area contributed by atoms with E-state index in [4.69, 9.17) is 0 Å². The molecule has 5 nitrogen and oxygen atoms in total. The normalized spacial score (nSPS) is 13.2. The van der Waals surface area contributed by atoms with Crippen LogP contribution in [0.1, 0.15) is 34.5 Å². The Morgan fingerprint density at radius 3 is 2.50 bits per heavy atom. The first kappa shape index (κ1) is 16.3. The fourth-order valence-electron chi connectivity index (χ4n) is 3.18. The average molecular weight is 344 g/mol. The molecule has 0 saturated heterocycles. The molecule has 0 saturated carbocycles. The predicted octanol–water partition coefficient (Wildman–Crippen LogP) is 4.79. The lowest BCUT2D eigenvalue weighted by atomic mass is 9.95. The Kier molecular flexibility index (Phi) is 4.35. The summed E-state index contributed by atoms with van der Waals surface area (Å²) in [5.41, 5.74) is 4.41. The van der Waals surface area contributed by atoms with Crippen LogP contribution in [0, 0.1) is 6.92 Å². The summed E-state index contributed by atoms with van der Waals surface area (Å²) in [6.45, 7) is 2.04. The maximum absolute atomic E-state index is 12.5. The summed E-state index contributed by atoms with van der Waals surface area (Å²) in [6, 6.07) is 17.8. The Morgan fingerprint density at radius 2 is 1.69 bits per heavy atom. The molecule has 0 spiro atoms. The zero-order valence-electron chi connectivity index (χ0n) is 14.6. The van der Waals surface area contributed by atoms with Gasteiger partial charge in [0.25, 0.3) is 0 Å². The Morgan fingerprint density at radius 1 is 0.885 bits per heavy atom. The molecular weight excluding hydrogens is 324 g/mol. The minimum atomic E-state index is 0.104. The standard InChI is InChI=1S/C21H20N4O/c1-14-7-5-10-16(13-14)23-21-24-17-11-6-12-18(26)19(17)20(25-21)22-15-8-3-2-4-9-15/h2-5,7-10,13H,6,11-12H2,1H3,(H2,22,23,24,25). The van der Waals surface area contributed by atoms with Gasteiger partial charge in [-0.25, -0.2) is 4.98 Å². The summed E-state index contributed by atoms with van der Waals surface area (Å²) in [7, 11) is 0. The van der Waals surface area contributed by atoms with E-state index < -0.39 is 0 Å². The number of nitrogens with zero attached hydrogens (tertiary/aromatic N) is 2. The molecule has 1 aliphatic rings. The largest absolute Gasteiger partial charge is 0.339 e. The van der Waals surface area contributed by atoms with Crippen molar-refractivity contribution in [3.63, 3.8) is 0 Å². The van der Waals surface area contributed by atoms with Crippen LogP contribution in [0.2, 0.25) is 0 Å². The number of carbonyl (C=O) groups excluding carboxylic acids is 1. The number of benzene rings is 2. The molecule has 0 unspecified atom stereocenters. The molecule has 130 valence electrons. The third kappa shape index (κ3) is 3.42. The Labute approximate surface area is 152 Å². The number of carbonyl (C=O) groups is 1. The molecule has 4 rings (SSSR count). The molecule has 1 heterocycles. The Balaban J connectivity index is 1.74. The van der Waals surface area contributed by atoms with Crippen LogP contribution in [-0.2, 0) is 6.42 Å². The van der Waals surface area contributed by atoms with Crippen molar-refractivity contribution < 1.29 is 4.79 Å². The summed E-state index contributed by atoms with van der Waals surface area (Å²) in [5.74, 6) is 1.18. The Bertz CT molecular complexity index is 953. The molecule has 2 N–H and O–H groups in total. The molecule has 3 aromatic rings. The number of fused-ring (bicyclic) bond motifs is 1. The van der Waals surface area contributed by atoms with E-state index in [9.17, 15) is 4.79 Å². The number of aromatic nitrogens is 2. The van der Waals surface area contributed by atoms with Gasteiger partial charge in [-0.05, 0) is 49.6 Å². The lowest BCUT2D eigenvalue weighted by Gasteiger charge is -2.19. The van der Waals surface area contributed by atoms with Gasteiger partial charge in [0.1, 0.15) is 5.82 Å². The van der Waals surface area contributed by atoms with E-state index in [1.165, 1.54) is 0 Å². The molecule has 26 heavy (non-hydrogen) atoms. The highest BCUT2D eigenvalue weighted by molar-refractivity contribution is 6.03. The number of rotatable bonds is 4. The third-order valence-corrected chi connectivity index (χ3v) is 4.39. The van der Waals surface area contributed by atoms with Gasteiger partial charge in [-0.1, -0.05) is 30.3 Å². The van der Waals surface area contributed by atoms with Crippen molar-refractivity contribution in [1.29, 1.82) is 0 Å². The second-order valence-electron chi connectivity index (χ2n) is 6.48. The Hall–Kier alpha value is -3.21. The highest BCUT2D eigenvalue weighted by atomic mass is 16.1. The van der Waals surface area contributed by atoms with Crippen molar-refractivity contribution in [3.05, 3.63) is 71.4 Å². The number of Topliss-reactive ketones (excluding diaryl/α,β-unsaturated/α-hetero) is 1. The highest BCUT2D eigenvalue weighted by Gasteiger charge is 2.24. The van der Waals surface area contributed by atoms with Gasteiger partial charge in [0.05, 0.1) is 11.3 Å². The van der Waals surface area contributed by atoms with E-state index in [2.05, 4.69) is 20.6 Å². The van der Waals surface area contributed by atoms with Gasteiger partial charge in [-0.3, -0.25) is 4.79 Å². The second-order valence-corrected chi connectivity index (χ2v) is 6.48. The minimum Gasteiger partial charge on any atom is -0.339 e. The topological polar surface area (TPSA) is 66.9 Å². The van der Waals surface area contributed by atoms with E-state index in [-0.39, 0.29) is 5.78 Å². The molecule has 2 aromatic carbocycles. The lowest BCUT2D eigenvalue weighted by Crippen LogP contribution is -2.17. The maximum Gasteiger partial charge on any atom is 0.229 e. The maximum atomic E-state index is 12.5. The summed E-state index contributed by atoms with van der Waals surface area (Å²) in [4.78, 5) is 21.7. The number of anilines is 4. The molecule has 0 atom stereocenters. The molecule has 0 bridgehead atoms. The summed E-state index contributed by atoms with van der Waals surface area (Å²) in [6.07, 6.45) is 2.16. The molecule has 5 heteroatoms. The SMILES string of the molecule is Cc1cccc(Nc2nc3c(c(Nc4ccccc4)n2)C(=O)CCC3)c1. The van der Waals surface area contributed by atoms with E-state index in [0.717, 1.165) is 35.5 Å². The van der Waals surface area contributed by atoms with Crippen LogP contribution in [-0.4, -0.2) is 15.8 Å². The van der Waals surface area contributed by atoms with Crippen LogP contribution in [0.3, 0.4) is 0 Å². The van der Waals surface area contributed by atoms with Crippen molar-refractivity contribution in [2.45, 2.75) is 26.2 Å². The van der Waals surface area contributed by atoms with E-state index >= 15 is 0 Å². The smallest absolute Gasteiger partial charge is 0.229 e. The number of nitrogens with one attached hydrogen (secondary N) is 2. The van der Waals surface area contributed by atoms with Crippen LogP contribution >= 0.6 is 0 Å². The average Bonchev–Trinajstić information content (AvgIpc) is 2.62. The first-order chi connectivity index (χ1) is 12.7. The molecular formula is C21H20N4O. The fourth-order valence-corrected chi connectivity index (χ4v) is 3.18. The van der Waals surface area contributed by atoms with Crippen molar-refractivity contribution in [1.82, 2.24) is 9.97 Å². The van der Waals surface area contributed by atoms with Gasteiger partial charge < -0.3 is 10.6 Å². The number of aryl methyl sites for hydroxylation is 2. The first-order valence-electron chi connectivity index (χ1n) is 8.79. The van der Waals surface area contributed by atoms with Gasteiger partial charge in [0.2, 0.25) is 5.95 Å². The summed E-state index contributed by atoms with van der Waals surface area (Å²) in [5, 5.41) is 6.55. The predicted molar refractivity (Wildman–Crippen MR) is 103 cm³/mol. The van der Waals surface area contributed by atoms with Crippen LogP contribution < -0.4 is 10.6 Å². The van der Waals surface area contributed by atoms with Gasteiger partial charge in [-0.2, -0.15) is 4.98 Å². The molecule has 0 aliphatic heterocycles. The number of ketones is 1. The van der Waals surface area contributed by atoms with Crippen molar-refractivity contribution >= 4 is 28.9 Å². The van der Waals surface area contributed by atoms with Gasteiger partial charge >= 0.3 is 0 Å². The van der Waals surface area contributed by atoms with Crippen LogP contribution in [0.4, 0.5) is 23.1 Å². The van der Waals surface area contributed by atoms with Crippen LogP contribution in [0.25, 0.3) is 0 Å². The molecule has 1 aromatic heterocycles. The number of hydrogen-bond donors (Lipinski definition) is 2. The van der Waals surface area contributed by atoms with Crippen molar-refractivity contribution in [2.24, 2.45) is 0 Å². The fraction of sp³-hybridized carbons (Fsp3) is 0.190. The van der Waals surface area contributed by atoms with Crippen molar-refractivity contribution in [3.8, 4) is 0 Å². The van der Waals surface area contributed by atoms with E-state index in [0.29, 0.717) is 23.8 Å². The first-order valence-corrected chi connectivity index (χ1v) is 8.79. The number of hydrogen-bond acceptors (Lipinski definition) is 5. The molecule has 1 aliphatic carbocycles. The molecule has 0 amide bonds. The van der Waals surface area contributed by atoms with E-state index in [1.54, 1.807) is 0 Å². The molecule has 0 fully saturated rings. The van der Waals surface area contributed by atoms with E-state index in [1.807, 2.05) is 61.5 Å². The van der Waals surface area contributed by atoms with Crippen LogP contribution in [0.15, 0.2) is 54.6 Å². The zero-order valence-corrected chi connectivity index (χ0v) is 14.6. The zero-order chi connectivity index (χ0) is 17.9. The van der Waals surface area contributed by atoms with Gasteiger partial charge in [-0.15, -0.1) is 0 Å². The van der Waals surface area contributed by atoms with Crippen LogP contribution in [0.5, 0.6) is 0 Å². The van der Waals surface area contributed by atoms with Gasteiger partial charge in [0, 0.05) is 17.8 Å². The summed E-state index contributed by atoms with van der Waals surface area (Å²) >= 11 is 0.